The Bertz CT molecular complexity index is 897. The van der Waals surface area contributed by atoms with Crippen LogP contribution in [-0.2, 0) is 0 Å². The van der Waals surface area contributed by atoms with Gasteiger partial charge in [0.2, 0.25) is 0 Å². The molecule has 0 aliphatic heterocycles. The highest BCUT2D eigenvalue weighted by molar-refractivity contribution is 6.34. The molecule has 3 nitrogen and oxygen atoms in total. The van der Waals surface area contributed by atoms with Crippen LogP contribution in [0.5, 0.6) is 0 Å². The van der Waals surface area contributed by atoms with Gasteiger partial charge in [0.25, 0.3) is 0 Å². The monoisotopic (exact) mass is 341 g/mol. The minimum Gasteiger partial charge on any atom is -0.478 e. The number of carboxylic acids is 1. The molecule has 3 aromatic carbocycles. The fourth-order valence-electron chi connectivity index (χ4n) is 2.47. The zero-order valence-electron chi connectivity index (χ0n) is 12.5. The number of halogens is 2. The number of benzene rings is 3. The Balaban J connectivity index is 2.10. The molecule has 0 atom stereocenters. The number of hydrogen-bond donors (Lipinski definition) is 2. The van der Waals surface area contributed by atoms with Gasteiger partial charge in [0.05, 0.1) is 16.3 Å². The first-order valence-corrected chi connectivity index (χ1v) is 7.58. The lowest BCUT2D eigenvalue weighted by atomic mass is 10.0. The molecule has 3 aromatic rings. The van der Waals surface area contributed by atoms with Crippen molar-refractivity contribution in [2.24, 2.45) is 0 Å². The van der Waals surface area contributed by atoms with Crippen molar-refractivity contribution in [3.63, 3.8) is 0 Å². The van der Waals surface area contributed by atoms with E-state index < -0.39 is 11.8 Å². The van der Waals surface area contributed by atoms with Gasteiger partial charge >= 0.3 is 5.97 Å². The molecule has 5 heteroatoms. The van der Waals surface area contributed by atoms with E-state index in [4.69, 9.17) is 11.6 Å². The van der Waals surface area contributed by atoms with Crippen LogP contribution in [0.2, 0.25) is 5.02 Å². The summed E-state index contributed by atoms with van der Waals surface area (Å²) in [5, 5.41) is 12.9. The molecule has 0 aliphatic carbocycles. The Morgan fingerprint density at radius 3 is 2.42 bits per heavy atom. The summed E-state index contributed by atoms with van der Waals surface area (Å²) >= 11 is 6.34. The van der Waals surface area contributed by atoms with Crippen LogP contribution >= 0.6 is 11.6 Å². The van der Waals surface area contributed by atoms with Crippen molar-refractivity contribution in [1.82, 2.24) is 0 Å². The summed E-state index contributed by atoms with van der Waals surface area (Å²) in [6, 6.07) is 18.4. The van der Waals surface area contributed by atoms with E-state index in [0.29, 0.717) is 16.4 Å². The van der Waals surface area contributed by atoms with Crippen LogP contribution in [0.1, 0.15) is 10.4 Å². The summed E-state index contributed by atoms with van der Waals surface area (Å²) in [5.41, 5.74) is 2.44. The molecule has 0 aliphatic rings. The van der Waals surface area contributed by atoms with Crippen LogP contribution in [0.4, 0.5) is 15.8 Å². The lowest BCUT2D eigenvalue weighted by Crippen LogP contribution is -2.04. The zero-order valence-corrected chi connectivity index (χ0v) is 13.2. The smallest absolute Gasteiger partial charge is 0.337 e. The second kappa shape index (κ2) is 6.72. The molecule has 0 saturated heterocycles. The molecule has 0 unspecified atom stereocenters. The molecule has 0 aromatic heterocycles. The van der Waals surface area contributed by atoms with Crippen molar-refractivity contribution in [2.45, 2.75) is 0 Å². The largest absolute Gasteiger partial charge is 0.478 e. The molecule has 0 bridgehead atoms. The minimum atomic E-state index is -1.21. The van der Waals surface area contributed by atoms with Crippen molar-refractivity contribution < 1.29 is 14.3 Å². The SMILES string of the molecule is O=C(O)c1cc(F)ccc1Nc1cccc(Cl)c1-c1ccccc1. The number of nitrogens with one attached hydrogen (secondary N) is 1. The molecular weight excluding hydrogens is 329 g/mol. The maximum Gasteiger partial charge on any atom is 0.337 e. The lowest BCUT2D eigenvalue weighted by Gasteiger charge is -2.15. The van der Waals surface area contributed by atoms with Crippen LogP contribution in [0.15, 0.2) is 66.7 Å². The number of carboxylic acid groups (broad SMARTS) is 1. The Morgan fingerprint density at radius 2 is 1.71 bits per heavy atom. The van der Waals surface area contributed by atoms with Crippen molar-refractivity contribution in [3.05, 3.63) is 83.1 Å². The van der Waals surface area contributed by atoms with Crippen molar-refractivity contribution >= 4 is 28.9 Å². The molecule has 3 rings (SSSR count). The van der Waals surface area contributed by atoms with Gasteiger partial charge < -0.3 is 10.4 Å². The Kier molecular flexibility index (Phi) is 4.49. The van der Waals surface area contributed by atoms with Crippen molar-refractivity contribution in [3.8, 4) is 11.1 Å². The van der Waals surface area contributed by atoms with E-state index in [9.17, 15) is 14.3 Å². The highest BCUT2D eigenvalue weighted by Gasteiger charge is 2.15. The number of rotatable bonds is 4. The van der Waals surface area contributed by atoms with Gasteiger partial charge in [0.15, 0.2) is 0 Å². The summed E-state index contributed by atoms with van der Waals surface area (Å²) in [5.74, 6) is -1.81. The van der Waals surface area contributed by atoms with E-state index in [0.717, 1.165) is 17.2 Å². The number of anilines is 2. The van der Waals surface area contributed by atoms with Gasteiger partial charge in [-0.25, -0.2) is 9.18 Å². The minimum absolute atomic E-state index is 0.144. The standard InChI is InChI=1S/C19H13ClFNO2/c20-15-7-4-8-17(18(15)12-5-2-1-3-6-12)22-16-10-9-13(21)11-14(16)19(23)24/h1-11,22H,(H,23,24). The predicted molar refractivity (Wildman–Crippen MR) is 93.5 cm³/mol. The quantitative estimate of drug-likeness (QED) is 0.650. The zero-order chi connectivity index (χ0) is 17.1. The summed E-state index contributed by atoms with van der Waals surface area (Å²) < 4.78 is 13.3. The second-order valence-electron chi connectivity index (χ2n) is 5.15. The van der Waals surface area contributed by atoms with Crippen molar-refractivity contribution in [1.29, 1.82) is 0 Å². The molecule has 120 valence electrons. The molecule has 0 spiro atoms. The van der Waals surface area contributed by atoms with Gasteiger partial charge in [-0.1, -0.05) is 48.0 Å². The average molecular weight is 342 g/mol. The first kappa shape index (κ1) is 16.0. The van der Waals surface area contributed by atoms with Crippen LogP contribution < -0.4 is 5.32 Å². The van der Waals surface area contributed by atoms with Gasteiger partial charge in [-0.15, -0.1) is 0 Å². The van der Waals surface area contributed by atoms with E-state index in [1.165, 1.54) is 12.1 Å². The molecule has 2 N–H and O–H groups in total. The molecule has 0 saturated carbocycles. The summed E-state index contributed by atoms with van der Waals surface area (Å²) in [6.07, 6.45) is 0. The van der Waals surface area contributed by atoms with E-state index in [-0.39, 0.29) is 5.56 Å². The van der Waals surface area contributed by atoms with Crippen LogP contribution in [0.3, 0.4) is 0 Å². The van der Waals surface area contributed by atoms with Gasteiger partial charge in [0.1, 0.15) is 5.82 Å². The van der Waals surface area contributed by atoms with Gasteiger partial charge in [-0.05, 0) is 35.9 Å². The summed E-state index contributed by atoms with van der Waals surface area (Å²) in [7, 11) is 0. The first-order valence-electron chi connectivity index (χ1n) is 7.20. The van der Waals surface area contributed by atoms with Crippen LogP contribution in [0, 0.1) is 5.82 Å². The summed E-state index contributed by atoms with van der Waals surface area (Å²) in [4.78, 5) is 11.4. The van der Waals surface area contributed by atoms with Gasteiger partial charge in [0, 0.05) is 11.3 Å². The molecule has 0 heterocycles. The summed E-state index contributed by atoms with van der Waals surface area (Å²) in [6.45, 7) is 0. The predicted octanol–water partition coefficient (Wildman–Crippen LogP) is 5.59. The van der Waals surface area contributed by atoms with E-state index in [1.54, 1.807) is 18.2 Å². The first-order chi connectivity index (χ1) is 11.6. The average Bonchev–Trinajstić information content (AvgIpc) is 2.57. The fraction of sp³-hybridized carbons (Fsp3) is 0. The van der Waals surface area contributed by atoms with Crippen LogP contribution in [-0.4, -0.2) is 11.1 Å². The number of hydrogen-bond acceptors (Lipinski definition) is 2. The molecule has 0 radical (unpaired) electrons. The van der Waals surface area contributed by atoms with Crippen molar-refractivity contribution in [2.75, 3.05) is 5.32 Å². The highest BCUT2D eigenvalue weighted by Crippen LogP contribution is 2.36. The molecule has 24 heavy (non-hydrogen) atoms. The van der Waals surface area contributed by atoms with E-state index in [1.807, 2.05) is 30.3 Å². The van der Waals surface area contributed by atoms with Crippen LogP contribution in [0.25, 0.3) is 11.1 Å². The third-order valence-electron chi connectivity index (χ3n) is 3.56. The third-order valence-corrected chi connectivity index (χ3v) is 3.87. The Morgan fingerprint density at radius 1 is 0.958 bits per heavy atom. The van der Waals surface area contributed by atoms with E-state index >= 15 is 0 Å². The number of carbonyl (C=O) groups is 1. The Labute approximate surface area is 143 Å². The van der Waals surface area contributed by atoms with Gasteiger partial charge in [-0.3, -0.25) is 0 Å². The Hall–Kier alpha value is -2.85. The molecule has 0 fully saturated rings. The third kappa shape index (κ3) is 3.24. The second-order valence-corrected chi connectivity index (χ2v) is 5.56. The lowest BCUT2D eigenvalue weighted by molar-refractivity contribution is 0.0697. The highest BCUT2D eigenvalue weighted by atomic mass is 35.5. The maximum atomic E-state index is 13.3. The normalized spacial score (nSPS) is 10.4. The number of aromatic carboxylic acids is 1. The van der Waals surface area contributed by atoms with Gasteiger partial charge in [-0.2, -0.15) is 0 Å². The topological polar surface area (TPSA) is 49.3 Å². The molecular formula is C19H13ClFNO2. The molecule has 0 amide bonds. The van der Waals surface area contributed by atoms with E-state index in [2.05, 4.69) is 5.32 Å². The fourth-order valence-corrected chi connectivity index (χ4v) is 2.76. The maximum absolute atomic E-state index is 13.3.